The molecule has 2 saturated heterocycles. The second-order valence-electron chi connectivity index (χ2n) is 10.2. The number of rotatable bonds is 6. The molecule has 7 nitrogen and oxygen atoms in total. The van der Waals surface area contributed by atoms with Crippen LogP contribution in [0.3, 0.4) is 0 Å². The van der Waals surface area contributed by atoms with Gasteiger partial charge >= 0.3 is 0 Å². The van der Waals surface area contributed by atoms with E-state index in [1.54, 1.807) is 18.4 Å². The molecule has 1 saturated carbocycles. The number of furan rings is 1. The average Bonchev–Trinajstić information content (AvgIpc) is 3.45. The summed E-state index contributed by atoms with van der Waals surface area (Å²) < 4.78 is 11.6. The summed E-state index contributed by atoms with van der Waals surface area (Å²) in [6.07, 6.45) is 9.31. The molecule has 0 unspecified atom stereocenters. The maximum Gasteiger partial charge on any atom is 0.289 e. The van der Waals surface area contributed by atoms with Crippen molar-refractivity contribution in [3.05, 3.63) is 54.0 Å². The van der Waals surface area contributed by atoms with Crippen molar-refractivity contribution in [2.45, 2.75) is 57.6 Å². The van der Waals surface area contributed by atoms with E-state index in [9.17, 15) is 9.59 Å². The fourth-order valence-electron chi connectivity index (χ4n) is 5.63. The van der Waals surface area contributed by atoms with Gasteiger partial charge in [0.1, 0.15) is 11.9 Å². The lowest BCUT2D eigenvalue weighted by atomic mass is 9.88. The first-order chi connectivity index (χ1) is 17.2. The van der Waals surface area contributed by atoms with Crippen LogP contribution in [0.5, 0.6) is 5.75 Å². The number of hydrogen-bond donors (Lipinski definition) is 0. The van der Waals surface area contributed by atoms with Crippen LogP contribution in [-0.2, 0) is 11.3 Å². The van der Waals surface area contributed by atoms with Gasteiger partial charge in [0.2, 0.25) is 5.91 Å². The van der Waals surface area contributed by atoms with E-state index in [1.807, 2.05) is 11.0 Å². The van der Waals surface area contributed by atoms with Crippen LogP contribution in [0.1, 0.15) is 61.1 Å². The molecule has 1 aromatic heterocycles. The fraction of sp³-hybridized carbons (Fsp3) is 0.571. The zero-order valence-corrected chi connectivity index (χ0v) is 20.6. The van der Waals surface area contributed by atoms with E-state index in [0.717, 1.165) is 64.2 Å². The summed E-state index contributed by atoms with van der Waals surface area (Å²) in [5.41, 5.74) is 1.22. The van der Waals surface area contributed by atoms with Gasteiger partial charge in [-0.05, 0) is 42.7 Å². The monoisotopic (exact) mass is 479 g/mol. The number of nitrogens with zero attached hydrogens (tertiary/aromatic N) is 3. The third kappa shape index (κ3) is 6.07. The zero-order chi connectivity index (χ0) is 24.0. The molecule has 7 heteroatoms. The maximum absolute atomic E-state index is 12.8. The van der Waals surface area contributed by atoms with Crippen LogP contribution in [0.15, 0.2) is 47.1 Å². The highest BCUT2D eigenvalue weighted by atomic mass is 16.5. The minimum Gasteiger partial charge on any atom is -0.490 e. The highest BCUT2D eigenvalue weighted by Crippen LogP contribution is 2.27. The molecule has 1 aliphatic carbocycles. The van der Waals surface area contributed by atoms with Gasteiger partial charge in [-0.3, -0.25) is 14.5 Å². The van der Waals surface area contributed by atoms with Gasteiger partial charge in [0.15, 0.2) is 5.76 Å². The first-order valence-corrected chi connectivity index (χ1v) is 13.3. The van der Waals surface area contributed by atoms with Crippen LogP contribution in [-0.4, -0.2) is 71.9 Å². The standard InChI is InChI=1S/C28H37N3O4/c32-27(23-7-2-1-3-8-23)30-13-11-24(12-14-30)35-25-9-4-6-22(20-25)21-29-15-17-31(18-16-29)28(33)26-10-5-19-34-26/h4-6,9-10,19-20,23-24H,1-3,7-8,11-18,21H2. The Bertz CT molecular complexity index is 970. The molecule has 0 bridgehead atoms. The van der Waals surface area contributed by atoms with Crippen molar-refractivity contribution in [2.75, 3.05) is 39.3 Å². The van der Waals surface area contributed by atoms with E-state index >= 15 is 0 Å². The number of benzene rings is 1. The van der Waals surface area contributed by atoms with E-state index in [-0.39, 0.29) is 17.9 Å². The second kappa shape index (κ2) is 11.3. The van der Waals surface area contributed by atoms with Crippen molar-refractivity contribution in [2.24, 2.45) is 5.92 Å². The summed E-state index contributed by atoms with van der Waals surface area (Å²) in [5.74, 6) is 1.91. The Morgan fingerprint density at radius 3 is 2.34 bits per heavy atom. The summed E-state index contributed by atoms with van der Waals surface area (Å²) in [4.78, 5) is 31.6. The lowest BCUT2D eigenvalue weighted by Crippen LogP contribution is -2.48. The first-order valence-electron chi connectivity index (χ1n) is 13.3. The maximum atomic E-state index is 12.8. The van der Waals surface area contributed by atoms with Crippen molar-refractivity contribution in [3.63, 3.8) is 0 Å². The molecule has 3 fully saturated rings. The van der Waals surface area contributed by atoms with E-state index < -0.39 is 0 Å². The summed E-state index contributed by atoms with van der Waals surface area (Å²) in [5, 5.41) is 0. The van der Waals surface area contributed by atoms with Crippen molar-refractivity contribution in [1.82, 2.24) is 14.7 Å². The van der Waals surface area contributed by atoms with E-state index in [2.05, 4.69) is 28.0 Å². The van der Waals surface area contributed by atoms with Gasteiger partial charge in [-0.1, -0.05) is 31.4 Å². The SMILES string of the molecule is O=C(c1ccco1)N1CCN(Cc2cccc(OC3CCN(C(=O)C4CCCCC4)CC3)c2)CC1. The predicted molar refractivity (Wildman–Crippen MR) is 133 cm³/mol. The van der Waals surface area contributed by atoms with E-state index in [4.69, 9.17) is 9.15 Å². The van der Waals surface area contributed by atoms with Crippen LogP contribution in [0, 0.1) is 5.92 Å². The number of likely N-dealkylation sites (tertiary alicyclic amines) is 1. The van der Waals surface area contributed by atoms with Gasteiger partial charge < -0.3 is 19.0 Å². The van der Waals surface area contributed by atoms with Gasteiger partial charge in [-0.25, -0.2) is 0 Å². The summed E-state index contributed by atoms with van der Waals surface area (Å²) >= 11 is 0. The Morgan fingerprint density at radius 1 is 0.857 bits per heavy atom. The third-order valence-electron chi connectivity index (χ3n) is 7.71. The molecule has 0 N–H and O–H groups in total. The Morgan fingerprint density at radius 2 is 1.63 bits per heavy atom. The van der Waals surface area contributed by atoms with Gasteiger partial charge in [-0.2, -0.15) is 0 Å². The van der Waals surface area contributed by atoms with Crippen molar-refractivity contribution in [1.29, 1.82) is 0 Å². The molecule has 0 spiro atoms. The predicted octanol–water partition coefficient (Wildman–Crippen LogP) is 4.19. The molecule has 2 amide bonds. The lowest BCUT2D eigenvalue weighted by Gasteiger charge is -2.35. The number of ether oxygens (including phenoxy) is 1. The topological polar surface area (TPSA) is 66.2 Å². The van der Waals surface area contributed by atoms with Crippen LogP contribution in [0.4, 0.5) is 0 Å². The Labute approximate surface area is 208 Å². The second-order valence-corrected chi connectivity index (χ2v) is 10.2. The molecule has 2 aromatic rings. The quantitative estimate of drug-likeness (QED) is 0.622. The van der Waals surface area contributed by atoms with Crippen LogP contribution in [0.25, 0.3) is 0 Å². The van der Waals surface area contributed by atoms with Gasteiger partial charge in [0, 0.05) is 64.6 Å². The van der Waals surface area contributed by atoms with Crippen molar-refractivity contribution < 1.29 is 18.7 Å². The van der Waals surface area contributed by atoms with Gasteiger partial charge in [0.05, 0.1) is 6.26 Å². The summed E-state index contributed by atoms with van der Waals surface area (Å²) in [6, 6.07) is 11.8. The minimum absolute atomic E-state index is 0.0310. The molecule has 35 heavy (non-hydrogen) atoms. The third-order valence-corrected chi connectivity index (χ3v) is 7.71. The average molecular weight is 480 g/mol. The molecule has 5 rings (SSSR count). The highest BCUT2D eigenvalue weighted by Gasteiger charge is 2.30. The molecule has 1 aromatic carbocycles. The summed E-state index contributed by atoms with van der Waals surface area (Å²) in [7, 11) is 0. The van der Waals surface area contributed by atoms with Crippen LogP contribution < -0.4 is 4.74 Å². The number of piperidine rings is 1. The summed E-state index contributed by atoms with van der Waals surface area (Å²) in [6.45, 7) is 5.54. The number of piperazine rings is 1. The largest absolute Gasteiger partial charge is 0.490 e. The lowest BCUT2D eigenvalue weighted by molar-refractivity contribution is -0.138. The number of carbonyl (C=O) groups is 2. The van der Waals surface area contributed by atoms with Crippen LogP contribution in [0.2, 0.25) is 0 Å². The zero-order valence-electron chi connectivity index (χ0n) is 20.6. The minimum atomic E-state index is -0.0310. The number of carbonyl (C=O) groups excluding carboxylic acids is 2. The van der Waals surface area contributed by atoms with E-state index in [0.29, 0.717) is 24.8 Å². The van der Waals surface area contributed by atoms with Crippen molar-refractivity contribution in [3.8, 4) is 5.75 Å². The molecular formula is C28H37N3O4. The normalized spacial score (nSPS) is 20.7. The van der Waals surface area contributed by atoms with Crippen molar-refractivity contribution >= 4 is 11.8 Å². The molecule has 3 aliphatic rings. The Balaban J connectivity index is 1.07. The smallest absolute Gasteiger partial charge is 0.289 e. The molecule has 2 aliphatic heterocycles. The van der Waals surface area contributed by atoms with E-state index in [1.165, 1.54) is 24.8 Å². The molecule has 0 radical (unpaired) electrons. The Kier molecular flexibility index (Phi) is 7.72. The number of hydrogen-bond acceptors (Lipinski definition) is 5. The van der Waals surface area contributed by atoms with Gasteiger partial charge in [-0.15, -0.1) is 0 Å². The first kappa shape index (κ1) is 23.9. The molecule has 3 heterocycles. The molecule has 0 atom stereocenters. The Hall–Kier alpha value is -2.80. The molecule has 188 valence electrons. The molecular weight excluding hydrogens is 442 g/mol. The fourth-order valence-corrected chi connectivity index (χ4v) is 5.63. The highest BCUT2D eigenvalue weighted by molar-refractivity contribution is 5.91. The number of amides is 2. The van der Waals surface area contributed by atoms with Crippen LogP contribution >= 0.6 is 0 Å². The van der Waals surface area contributed by atoms with Gasteiger partial charge in [0.25, 0.3) is 5.91 Å².